The number of rotatable bonds is 6. The van der Waals surface area contributed by atoms with E-state index in [0.29, 0.717) is 34.3 Å². The number of alkyl halides is 3. The minimum atomic E-state index is -4.83. The van der Waals surface area contributed by atoms with Crippen LogP contribution in [0.2, 0.25) is 0 Å². The van der Waals surface area contributed by atoms with Crippen LogP contribution in [0.3, 0.4) is 0 Å². The number of amides is 3. The second-order valence-electron chi connectivity index (χ2n) is 12.3. The number of nitrogens with zero attached hydrogens (tertiary/aromatic N) is 3. The largest absolute Gasteiger partial charge is 0.573 e. The zero-order valence-electron chi connectivity index (χ0n) is 26.3. The number of halogens is 3. The van der Waals surface area contributed by atoms with Gasteiger partial charge < -0.3 is 34.4 Å². The Kier molecular flexibility index (Phi) is 8.84. The Balaban J connectivity index is 1.31. The highest BCUT2D eigenvalue weighted by atomic mass is 19.4. The molecule has 14 heteroatoms. The minimum Gasteiger partial charge on any atom is -0.497 e. The predicted octanol–water partition coefficient (Wildman–Crippen LogP) is 5.38. The number of carbonyl (C=O) groups excluding carboxylic acids is 2. The van der Waals surface area contributed by atoms with Crippen molar-refractivity contribution in [1.82, 2.24) is 20.1 Å². The van der Waals surface area contributed by atoms with Crippen molar-refractivity contribution in [3.05, 3.63) is 60.7 Å². The number of carboxylic acids is 1. The smallest absolute Gasteiger partial charge is 0.497 e. The number of methoxy groups -OCH3 is 1. The van der Waals surface area contributed by atoms with E-state index in [4.69, 9.17) is 14.5 Å². The van der Waals surface area contributed by atoms with E-state index >= 15 is 0 Å². The summed E-state index contributed by atoms with van der Waals surface area (Å²) in [6.45, 7) is 0.520. The highest BCUT2D eigenvalue weighted by Gasteiger charge is 2.61. The van der Waals surface area contributed by atoms with Gasteiger partial charge >= 0.3 is 18.4 Å². The molecule has 2 fully saturated rings. The van der Waals surface area contributed by atoms with Crippen molar-refractivity contribution in [3.63, 3.8) is 0 Å². The maximum atomic E-state index is 13.7. The molecule has 2 aromatic carbocycles. The topological polar surface area (TPSA) is 131 Å². The third-order valence-corrected chi connectivity index (χ3v) is 9.03. The number of carboxylic acid groups (broad SMARTS) is 1. The van der Waals surface area contributed by atoms with Crippen LogP contribution in [0.25, 0.3) is 22.0 Å². The van der Waals surface area contributed by atoms with Crippen LogP contribution in [0.5, 0.6) is 17.4 Å². The first-order valence-corrected chi connectivity index (χ1v) is 15.6. The van der Waals surface area contributed by atoms with E-state index in [2.05, 4.69) is 10.1 Å². The van der Waals surface area contributed by atoms with Crippen molar-refractivity contribution in [2.24, 2.45) is 5.92 Å². The summed E-state index contributed by atoms with van der Waals surface area (Å²) in [5.74, 6) is -1.68. The first-order chi connectivity index (χ1) is 22.9. The van der Waals surface area contributed by atoms with E-state index in [1.807, 2.05) is 12.2 Å². The molecule has 2 N–H and O–H groups in total. The summed E-state index contributed by atoms with van der Waals surface area (Å²) in [6, 6.07) is 10.9. The van der Waals surface area contributed by atoms with Gasteiger partial charge in [-0.3, -0.25) is 4.79 Å². The molecule has 1 saturated carbocycles. The standard InChI is InChI=1S/C34H35F3N4O7/c1-40-14-6-4-3-5-7-22-18-33(22,31(43)44)39-29(42)28-17-25(19-41(28)32(40)45)47-30-26-13-12-24(46-2)15-21(26)16-27(38-30)20-8-10-23(11-9-20)48-34(35,36)37/h5,7-13,15-16,22,25,28H,3-4,6,14,17-19H2,1-2H3,(H,39,42)(H,43,44). The monoisotopic (exact) mass is 668 g/mol. The molecule has 1 saturated heterocycles. The number of ether oxygens (including phenoxy) is 3. The molecule has 3 amide bonds. The Hall–Kier alpha value is -5.01. The van der Waals surface area contributed by atoms with Gasteiger partial charge in [-0.1, -0.05) is 12.2 Å². The third kappa shape index (κ3) is 6.83. The molecule has 1 aromatic heterocycles. The van der Waals surface area contributed by atoms with E-state index in [-0.39, 0.29) is 43.0 Å². The lowest BCUT2D eigenvalue weighted by Crippen LogP contribution is -2.54. The second-order valence-corrected chi connectivity index (χ2v) is 12.3. The second kappa shape index (κ2) is 12.9. The lowest BCUT2D eigenvalue weighted by atomic mass is 10.1. The van der Waals surface area contributed by atoms with E-state index < -0.39 is 35.9 Å². The molecule has 0 bridgehead atoms. The molecule has 3 aromatic rings. The number of aliphatic carboxylic acids is 1. The van der Waals surface area contributed by atoms with Crippen LogP contribution in [-0.2, 0) is 9.59 Å². The molecule has 2 aliphatic heterocycles. The number of urea groups is 1. The summed E-state index contributed by atoms with van der Waals surface area (Å²) in [6.07, 6.45) is 0.898. The molecule has 4 atom stereocenters. The average molecular weight is 669 g/mol. The molecule has 0 spiro atoms. The number of hydrogen-bond donors (Lipinski definition) is 2. The first kappa shape index (κ1) is 32.9. The van der Waals surface area contributed by atoms with Crippen molar-refractivity contribution in [2.75, 3.05) is 27.2 Å². The van der Waals surface area contributed by atoms with Crippen LogP contribution in [-0.4, -0.2) is 89.1 Å². The fraction of sp³-hybridized carbons (Fsp3) is 0.412. The van der Waals surface area contributed by atoms with Crippen molar-refractivity contribution in [2.45, 2.75) is 56.2 Å². The van der Waals surface area contributed by atoms with Crippen molar-refractivity contribution in [3.8, 4) is 28.6 Å². The van der Waals surface area contributed by atoms with Gasteiger partial charge in [-0.25, -0.2) is 14.6 Å². The zero-order valence-corrected chi connectivity index (χ0v) is 26.3. The maximum Gasteiger partial charge on any atom is 0.573 e. The van der Waals surface area contributed by atoms with Gasteiger partial charge in [0.1, 0.15) is 29.2 Å². The number of allylic oxidation sites excluding steroid dienone is 1. The number of hydrogen-bond acceptors (Lipinski definition) is 7. The normalized spacial score (nSPS) is 24.7. The summed E-state index contributed by atoms with van der Waals surface area (Å²) in [5, 5.41) is 14.0. The van der Waals surface area contributed by atoms with Gasteiger partial charge in [-0.05, 0) is 79.6 Å². The number of carbonyl (C=O) groups is 3. The highest BCUT2D eigenvalue weighted by Crippen LogP contribution is 2.45. The molecule has 254 valence electrons. The Morgan fingerprint density at radius 3 is 2.54 bits per heavy atom. The molecule has 1 aliphatic carbocycles. The molecule has 6 rings (SSSR count). The number of fused-ring (bicyclic) bond motifs is 3. The fourth-order valence-corrected chi connectivity index (χ4v) is 6.35. The van der Waals surface area contributed by atoms with Crippen LogP contribution in [0.1, 0.15) is 32.1 Å². The number of pyridine rings is 1. The van der Waals surface area contributed by atoms with Gasteiger partial charge in [0.2, 0.25) is 11.8 Å². The van der Waals surface area contributed by atoms with Crippen molar-refractivity contribution < 1.29 is 46.9 Å². The number of nitrogens with one attached hydrogen (secondary N) is 1. The quantitative estimate of drug-likeness (QED) is 0.335. The molecule has 48 heavy (non-hydrogen) atoms. The molecule has 3 aliphatic rings. The van der Waals surface area contributed by atoms with E-state index in [9.17, 15) is 32.7 Å². The molecule has 11 nitrogen and oxygen atoms in total. The van der Waals surface area contributed by atoms with E-state index in [1.54, 1.807) is 36.2 Å². The fourth-order valence-electron chi connectivity index (χ4n) is 6.35. The molecule has 4 unspecified atom stereocenters. The highest BCUT2D eigenvalue weighted by molar-refractivity contribution is 5.95. The van der Waals surface area contributed by atoms with Crippen LogP contribution in [0.15, 0.2) is 60.7 Å². The SMILES string of the molecule is COc1ccc2c(OC3CC4C(=O)NC5(C(=O)O)CC5C=CCCCCN(C)C(=O)N4C3)nc(-c3ccc(OC(F)(F)F)cc3)cc2c1. The molecular formula is C34H35F3N4O7. The molecule has 3 heterocycles. The summed E-state index contributed by atoms with van der Waals surface area (Å²) in [5.41, 5.74) is -0.542. The average Bonchev–Trinajstić information content (AvgIpc) is 3.58. The summed E-state index contributed by atoms with van der Waals surface area (Å²) < 4.78 is 54.0. The van der Waals surface area contributed by atoms with E-state index in [0.717, 1.165) is 19.3 Å². The zero-order chi connectivity index (χ0) is 34.2. The third-order valence-electron chi connectivity index (χ3n) is 9.03. The summed E-state index contributed by atoms with van der Waals surface area (Å²) >= 11 is 0. The molecule has 0 radical (unpaired) electrons. The van der Waals surface area contributed by atoms with Gasteiger partial charge in [0.25, 0.3) is 0 Å². The van der Waals surface area contributed by atoms with Gasteiger partial charge in [0.15, 0.2) is 0 Å². The Morgan fingerprint density at radius 2 is 1.83 bits per heavy atom. The Labute approximate surface area is 274 Å². The predicted molar refractivity (Wildman–Crippen MR) is 168 cm³/mol. The van der Waals surface area contributed by atoms with Gasteiger partial charge in [0.05, 0.1) is 19.3 Å². The minimum absolute atomic E-state index is 0.0394. The lowest BCUT2D eigenvalue weighted by molar-refractivity contribution is -0.274. The van der Waals surface area contributed by atoms with Crippen LogP contribution in [0, 0.1) is 5.92 Å². The van der Waals surface area contributed by atoms with Gasteiger partial charge in [-0.15, -0.1) is 13.2 Å². The Morgan fingerprint density at radius 1 is 1.08 bits per heavy atom. The lowest BCUT2D eigenvalue weighted by Gasteiger charge is -2.29. The summed E-state index contributed by atoms with van der Waals surface area (Å²) in [7, 11) is 3.19. The Bertz CT molecular complexity index is 1750. The van der Waals surface area contributed by atoms with Crippen LogP contribution in [0.4, 0.5) is 18.0 Å². The van der Waals surface area contributed by atoms with Crippen LogP contribution < -0.4 is 19.5 Å². The number of aromatic nitrogens is 1. The van der Waals surface area contributed by atoms with Crippen molar-refractivity contribution >= 4 is 28.7 Å². The van der Waals surface area contributed by atoms with Gasteiger partial charge in [-0.2, -0.15) is 0 Å². The number of benzene rings is 2. The molecular weight excluding hydrogens is 633 g/mol. The van der Waals surface area contributed by atoms with Gasteiger partial charge in [0, 0.05) is 36.9 Å². The van der Waals surface area contributed by atoms with Crippen LogP contribution >= 0.6 is 0 Å². The van der Waals surface area contributed by atoms with E-state index in [1.165, 1.54) is 36.3 Å². The van der Waals surface area contributed by atoms with Crippen molar-refractivity contribution in [1.29, 1.82) is 0 Å². The maximum absolute atomic E-state index is 13.7. The first-order valence-electron chi connectivity index (χ1n) is 15.6. The summed E-state index contributed by atoms with van der Waals surface area (Å²) in [4.78, 5) is 47.3.